The van der Waals surface area contributed by atoms with Gasteiger partial charge in [-0.3, -0.25) is 9.78 Å². The predicted octanol–water partition coefficient (Wildman–Crippen LogP) is 2.62. The Bertz CT molecular complexity index is 1070. The number of aromatic nitrogens is 5. The molecule has 3 heterocycles. The summed E-state index contributed by atoms with van der Waals surface area (Å²) in [5.74, 6) is 1.33. The molecule has 0 atom stereocenters. The van der Waals surface area contributed by atoms with E-state index in [1.54, 1.807) is 29.2 Å². The fraction of sp³-hybridized carbons (Fsp3) is 0.150. The summed E-state index contributed by atoms with van der Waals surface area (Å²) in [5.41, 5.74) is 2.33. The van der Waals surface area contributed by atoms with Crippen molar-refractivity contribution in [3.05, 3.63) is 72.4 Å². The minimum absolute atomic E-state index is 0.0972. The van der Waals surface area contributed by atoms with Crippen molar-refractivity contribution in [3.8, 4) is 23.0 Å². The predicted molar refractivity (Wildman–Crippen MR) is 102 cm³/mol. The molecule has 0 saturated heterocycles. The second-order valence-electron chi connectivity index (χ2n) is 6.23. The number of hydrogen-bond acceptors (Lipinski definition) is 6. The summed E-state index contributed by atoms with van der Waals surface area (Å²) in [5, 5.41) is 6.89. The third-order valence-electron chi connectivity index (χ3n) is 4.19. The van der Waals surface area contributed by atoms with Crippen molar-refractivity contribution in [2.75, 3.05) is 0 Å². The van der Waals surface area contributed by atoms with Gasteiger partial charge in [0.25, 0.3) is 5.89 Å². The standard InChI is InChI=1S/C20H18N6O2/c1-14-23-17(19-24-20(28-25-19)16-8-5-9-21-11-16)12-26(14)13-18(27)22-10-15-6-3-2-4-7-15/h2-9,11-12H,10,13H2,1H3,(H,22,27). The molecule has 0 bridgehead atoms. The quantitative estimate of drug-likeness (QED) is 0.557. The zero-order chi connectivity index (χ0) is 19.3. The van der Waals surface area contributed by atoms with Gasteiger partial charge in [-0.25, -0.2) is 4.98 Å². The van der Waals surface area contributed by atoms with Crippen molar-refractivity contribution in [1.82, 2.24) is 30.0 Å². The van der Waals surface area contributed by atoms with Gasteiger partial charge >= 0.3 is 0 Å². The first-order chi connectivity index (χ1) is 13.7. The second kappa shape index (κ2) is 7.83. The third-order valence-corrected chi connectivity index (χ3v) is 4.19. The summed E-state index contributed by atoms with van der Waals surface area (Å²) in [7, 11) is 0. The number of nitrogens with one attached hydrogen (secondary N) is 1. The first-order valence-electron chi connectivity index (χ1n) is 8.78. The molecule has 8 heteroatoms. The molecule has 4 rings (SSSR count). The topological polar surface area (TPSA) is 98.7 Å². The lowest BCUT2D eigenvalue weighted by Gasteiger charge is -2.07. The van der Waals surface area contributed by atoms with Crippen LogP contribution in [0.3, 0.4) is 0 Å². The first-order valence-corrected chi connectivity index (χ1v) is 8.78. The smallest absolute Gasteiger partial charge is 0.259 e. The van der Waals surface area contributed by atoms with Gasteiger partial charge in [0, 0.05) is 25.1 Å². The van der Waals surface area contributed by atoms with Gasteiger partial charge in [-0.1, -0.05) is 35.5 Å². The molecule has 0 aliphatic heterocycles. The molecule has 0 unspecified atom stereocenters. The van der Waals surface area contributed by atoms with Gasteiger partial charge in [0.1, 0.15) is 18.1 Å². The number of benzene rings is 1. The third kappa shape index (κ3) is 3.96. The Morgan fingerprint density at radius 1 is 1.14 bits per heavy atom. The lowest BCUT2D eigenvalue weighted by atomic mass is 10.2. The van der Waals surface area contributed by atoms with E-state index in [4.69, 9.17) is 4.52 Å². The largest absolute Gasteiger partial charge is 0.350 e. The fourth-order valence-electron chi connectivity index (χ4n) is 2.72. The number of nitrogens with zero attached hydrogens (tertiary/aromatic N) is 5. The highest BCUT2D eigenvalue weighted by Crippen LogP contribution is 2.21. The van der Waals surface area contributed by atoms with Gasteiger partial charge in [-0.2, -0.15) is 4.98 Å². The van der Waals surface area contributed by atoms with E-state index in [1.165, 1.54) is 0 Å². The van der Waals surface area contributed by atoms with Crippen LogP contribution < -0.4 is 5.32 Å². The number of aryl methyl sites for hydroxylation is 1. The Kier molecular flexibility index (Phi) is 4.92. The van der Waals surface area contributed by atoms with Crippen molar-refractivity contribution in [1.29, 1.82) is 0 Å². The van der Waals surface area contributed by atoms with E-state index in [0.717, 1.165) is 11.1 Å². The molecular weight excluding hydrogens is 356 g/mol. The average molecular weight is 374 g/mol. The van der Waals surface area contributed by atoms with Crippen LogP contribution in [0.25, 0.3) is 23.0 Å². The molecule has 140 valence electrons. The van der Waals surface area contributed by atoms with Crippen LogP contribution in [0.5, 0.6) is 0 Å². The van der Waals surface area contributed by atoms with Crippen molar-refractivity contribution in [2.45, 2.75) is 20.0 Å². The highest BCUT2D eigenvalue weighted by atomic mass is 16.5. The Balaban J connectivity index is 1.44. The molecule has 0 fully saturated rings. The van der Waals surface area contributed by atoms with Gasteiger partial charge in [0.15, 0.2) is 0 Å². The highest BCUT2D eigenvalue weighted by molar-refractivity contribution is 5.76. The Labute approximate surface area is 161 Å². The minimum Gasteiger partial charge on any atom is -0.350 e. The normalized spacial score (nSPS) is 10.8. The van der Waals surface area contributed by atoms with Gasteiger partial charge in [-0.15, -0.1) is 0 Å². The fourth-order valence-corrected chi connectivity index (χ4v) is 2.72. The summed E-state index contributed by atoms with van der Waals surface area (Å²) in [4.78, 5) is 25.1. The second-order valence-corrected chi connectivity index (χ2v) is 6.23. The SMILES string of the molecule is Cc1nc(-c2noc(-c3cccnc3)n2)cn1CC(=O)NCc1ccccc1. The Hall–Kier alpha value is -3.81. The maximum Gasteiger partial charge on any atom is 0.259 e. The number of hydrogen-bond donors (Lipinski definition) is 1. The van der Waals surface area contributed by atoms with Crippen LogP contribution in [0.4, 0.5) is 0 Å². The maximum absolute atomic E-state index is 12.3. The van der Waals surface area contributed by atoms with E-state index in [-0.39, 0.29) is 12.5 Å². The van der Waals surface area contributed by atoms with E-state index in [9.17, 15) is 4.79 Å². The van der Waals surface area contributed by atoms with Crippen LogP contribution in [0.1, 0.15) is 11.4 Å². The zero-order valence-electron chi connectivity index (χ0n) is 15.2. The molecule has 1 N–H and O–H groups in total. The molecule has 0 saturated carbocycles. The molecule has 0 aliphatic carbocycles. The summed E-state index contributed by atoms with van der Waals surface area (Å²) < 4.78 is 7.05. The number of imidazole rings is 1. The molecule has 0 spiro atoms. The first kappa shape index (κ1) is 17.6. The van der Waals surface area contributed by atoms with Crippen molar-refractivity contribution < 1.29 is 9.32 Å². The molecule has 8 nitrogen and oxygen atoms in total. The van der Waals surface area contributed by atoms with Crippen LogP contribution in [0.2, 0.25) is 0 Å². The van der Waals surface area contributed by atoms with E-state index in [0.29, 0.717) is 29.8 Å². The molecule has 0 radical (unpaired) electrons. The number of carbonyl (C=O) groups excluding carboxylic acids is 1. The highest BCUT2D eigenvalue weighted by Gasteiger charge is 2.15. The average Bonchev–Trinajstić information content (AvgIpc) is 3.35. The van der Waals surface area contributed by atoms with Crippen LogP contribution in [0, 0.1) is 6.92 Å². The van der Waals surface area contributed by atoms with Crippen molar-refractivity contribution >= 4 is 5.91 Å². The lowest BCUT2D eigenvalue weighted by molar-refractivity contribution is -0.121. The summed E-state index contributed by atoms with van der Waals surface area (Å²) in [6, 6.07) is 13.4. The Morgan fingerprint density at radius 3 is 2.79 bits per heavy atom. The monoisotopic (exact) mass is 374 g/mol. The van der Waals surface area contributed by atoms with Crippen LogP contribution in [-0.4, -0.2) is 30.6 Å². The number of pyridine rings is 1. The molecular formula is C20H18N6O2. The number of carbonyl (C=O) groups is 1. The maximum atomic E-state index is 12.3. The van der Waals surface area contributed by atoms with Crippen LogP contribution in [0.15, 0.2) is 65.6 Å². The van der Waals surface area contributed by atoms with Gasteiger partial charge in [-0.05, 0) is 24.6 Å². The van der Waals surface area contributed by atoms with Crippen molar-refractivity contribution in [2.24, 2.45) is 0 Å². The summed E-state index contributed by atoms with van der Waals surface area (Å²) in [6.07, 6.45) is 5.07. The number of rotatable bonds is 6. The number of amides is 1. The minimum atomic E-state index is -0.0972. The van der Waals surface area contributed by atoms with E-state index in [1.807, 2.05) is 43.3 Å². The van der Waals surface area contributed by atoms with Crippen LogP contribution in [-0.2, 0) is 17.9 Å². The Morgan fingerprint density at radius 2 is 2.00 bits per heavy atom. The molecule has 3 aromatic heterocycles. The molecule has 1 amide bonds. The summed E-state index contributed by atoms with van der Waals surface area (Å²) >= 11 is 0. The molecule has 28 heavy (non-hydrogen) atoms. The molecule has 4 aromatic rings. The zero-order valence-corrected chi connectivity index (χ0v) is 15.2. The van der Waals surface area contributed by atoms with Crippen molar-refractivity contribution in [3.63, 3.8) is 0 Å². The van der Waals surface area contributed by atoms with Crippen LogP contribution >= 0.6 is 0 Å². The van der Waals surface area contributed by atoms with Gasteiger partial charge < -0.3 is 14.4 Å². The van der Waals surface area contributed by atoms with E-state index in [2.05, 4.69) is 25.4 Å². The summed E-state index contributed by atoms with van der Waals surface area (Å²) in [6.45, 7) is 2.48. The molecule has 0 aliphatic rings. The van der Waals surface area contributed by atoms with E-state index >= 15 is 0 Å². The lowest BCUT2D eigenvalue weighted by Crippen LogP contribution is -2.27. The van der Waals surface area contributed by atoms with Gasteiger partial charge in [0.05, 0.1) is 5.56 Å². The van der Waals surface area contributed by atoms with Gasteiger partial charge in [0.2, 0.25) is 11.7 Å². The molecule has 1 aromatic carbocycles. The van der Waals surface area contributed by atoms with E-state index < -0.39 is 0 Å².